The summed E-state index contributed by atoms with van der Waals surface area (Å²) in [6, 6.07) is 5.30. The van der Waals surface area contributed by atoms with Gasteiger partial charge in [-0.3, -0.25) is 4.98 Å². The average Bonchev–Trinajstić information content (AvgIpc) is 2.42. The molecule has 2 heteroatoms. The molecular weight excluding hydrogens is 220 g/mol. The fourth-order valence-electron chi connectivity index (χ4n) is 3.11. The Morgan fingerprint density at radius 1 is 1.33 bits per heavy atom. The molecule has 100 valence electrons. The zero-order chi connectivity index (χ0) is 12.8. The van der Waals surface area contributed by atoms with Crippen molar-refractivity contribution < 1.29 is 0 Å². The van der Waals surface area contributed by atoms with E-state index < -0.39 is 0 Å². The standard InChI is InChI=1S/C16H26N2/c1-3-5-14-7-9-16(10-8-14)18-13(2)15-6-4-11-17-12-15/h4,6,11-14,16,18H,3,5,7-10H2,1-2H3/t13-,14?,16?/m1/s1. The van der Waals surface area contributed by atoms with E-state index in [0.29, 0.717) is 12.1 Å². The molecule has 2 rings (SSSR count). The van der Waals surface area contributed by atoms with Crippen LogP contribution >= 0.6 is 0 Å². The molecule has 1 saturated carbocycles. The topological polar surface area (TPSA) is 24.9 Å². The minimum Gasteiger partial charge on any atom is -0.307 e. The summed E-state index contributed by atoms with van der Waals surface area (Å²) in [5, 5.41) is 3.76. The monoisotopic (exact) mass is 246 g/mol. The first-order valence-electron chi connectivity index (χ1n) is 7.45. The van der Waals surface area contributed by atoms with Crippen LogP contribution in [0.25, 0.3) is 0 Å². The summed E-state index contributed by atoms with van der Waals surface area (Å²) in [7, 11) is 0. The molecule has 0 amide bonds. The van der Waals surface area contributed by atoms with E-state index in [1.165, 1.54) is 44.1 Å². The van der Waals surface area contributed by atoms with Gasteiger partial charge in [-0.05, 0) is 50.2 Å². The van der Waals surface area contributed by atoms with Crippen LogP contribution in [0.4, 0.5) is 0 Å². The molecular formula is C16H26N2. The minimum absolute atomic E-state index is 0.423. The third-order valence-corrected chi connectivity index (χ3v) is 4.21. The number of nitrogens with zero attached hydrogens (tertiary/aromatic N) is 1. The molecule has 1 N–H and O–H groups in total. The first-order valence-corrected chi connectivity index (χ1v) is 7.45. The highest BCUT2D eigenvalue weighted by Crippen LogP contribution is 2.28. The maximum atomic E-state index is 4.20. The SMILES string of the molecule is CCCC1CCC(N[C@H](C)c2cccnc2)CC1. The van der Waals surface area contributed by atoms with Crippen LogP contribution in [-0.2, 0) is 0 Å². The molecule has 0 spiro atoms. The van der Waals surface area contributed by atoms with Crippen LogP contribution in [0.2, 0.25) is 0 Å². The fourth-order valence-corrected chi connectivity index (χ4v) is 3.11. The Kier molecular flexibility index (Phi) is 5.18. The van der Waals surface area contributed by atoms with Crippen LogP contribution in [0.5, 0.6) is 0 Å². The molecule has 1 atom stereocenters. The van der Waals surface area contributed by atoms with Gasteiger partial charge < -0.3 is 5.32 Å². The summed E-state index contributed by atoms with van der Waals surface area (Å²) >= 11 is 0. The van der Waals surface area contributed by atoms with E-state index in [1.807, 2.05) is 18.5 Å². The number of hydrogen-bond donors (Lipinski definition) is 1. The summed E-state index contributed by atoms with van der Waals surface area (Å²) in [5.74, 6) is 0.988. The number of hydrogen-bond acceptors (Lipinski definition) is 2. The Labute approximate surface area is 111 Å². The first-order chi connectivity index (χ1) is 8.79. The van der Waals surface area contributed by atoms with Gasteiger partial charge >= 0.3 is 0 Å². The Balaban J connectivity index is 1.78. The van der Waals surface area contributed by atoms with Gasteiger partial charge in [-0.1, -0.05) is 25.8 Å². The summed E-state index contributed by atoms with van der Waals surface area (Å²) in [5.41, 5.74) is 1.30. The van der Waals surface area contributed by atoms with Crippen LogP contribution in [0, 0.1) is 5.92 Å². The lowest BCUT2D eigenvalue weighted by molar-refractivity contribution is 0.266. The average molecular weight is 246 g/mol. The largest absolute Gasteiger partial charge is 0.307 e. The van der Waals surface area contributed by atoms with Gasteiger partial charge in [0.25, 0.3) is 0 Å². The highest BCUT2D eigenvalue weighted by molar-refractivity contribution is 5.13. The van der Waals surface area contributed by atoms with Crippen LogP contribution in [0.15, 0.2) is 24.5 Å². The van der Waals surface area contributed by atoms with E-state index in [1.54, 1.807) is 0 Å². The van der Waals surface area contributed by atoms with Crippen molar-refractivity contribution in [2.45, 2.75) is 64.5 Å². The number of nitrogens with one attached hydrogen (secondary N) is 1. The Morgan fingerprint density at radius 3 is 2.72 bits per heavy atom. The van der Waals surface area contributed by atoms with Crippen molar-refractivity contribution in [1.29, 1.82) is 0 Å². The summed E-state index contributed by atoms with van der Waals surface area (Å²) in [4.78, 5) is 4.20. The summed E-state index contributed by atoms with van der Waals surface area (Å²) in [6.07, 6.45) is 12.1. The first kappa shape index (κ1) is 13.5. The highest BCUT2D eigenvalue weighted by Gasteiger charge is 2.21. The van der Waals surface area contributed by atoms with Gasteiger partial charge in [0.15, 0.2) is 0 Å². The molecule has 0 aromatic carbocycles. The zero-order valence-electron chi connectivity index (χ0n) is 11.7. The second-order valence-corrected chi connectivity index (χ2v) is 5.68. The normalized spacial score (nSPS) is 25.9. The molecule has 1 aliphatic rings. The number of pyridine rings is 1. The predicted octanol–water partition coefficient (Wildman–Crippen LogP) is 4.09. The molecule has 1 aromatic heterocycles. The molecule has 1 fully saturated rings. The maximum absolute atomic E-state index is 4.20. The van der Waals surface area contributed by atoms with E-state index >= 15 is 0 Å². The van der Waals surface area contributed by atoms with Gasteiger partial charge in [0.1, 0.15) is 0 Å². The maximum Gasteiger partial charge on any atom is 0.0315 e. The highest BCUT2D eigenvalue weighted by atomic mass is 14.9. The van der Waals surface area contributed by atoms with Crippen LogP contribution in [-0.4, -0.2) is 11.0 Å². The van der Waals surface area contributed by atoms with E-state index in [4.69, 9.17) is 0 Å². The molecule has 0 bridgehead atoms. The van der Waals surface area contributed by atoms with Gasteiger partial charge in [-0.2, -0.15) is 0 Å². The molecule has 2 nitrogen and oxygen atoms in total. The van der Waals surface area contributed by atoms with Crippen molar-refractivity contribution in [3.8, 4) is 0 Å². The molecule has 18 heavy (non-hydrogen) atoms. The molecule has 0 radical (unpaired) electrons. The van der Waals surface area contributed by atoms with Crippen molar-refractivity contribution in [3.05, 3.63) is 30.1 Å². The molecule has 1 aromatic rings. The summed E-state index contributed by atoms with van der Waals surface area (Å²) in [6.45, 7) is 4.55. The van der Waals surface area contributed by atoms with Crippen molar-refractivity contribution in [1.82, 2.24) is 10.3 Å². The van der Waals surface area contributed by atoms with Gasteiger partial charge in [-0.15, -0.1) is 0 Å². The fraction of sp³-hybridized carbons (Fsp3) is 0.688. The molecule has 0 unspecified atom stereocenters. The Morgan fingerprint density at radius 2 is 2.11 bits per heavy atom. The van der Waals surface area contributed by atoms with E-state index in [0.717, 1.165) is 5.92 Å². The lowest BCUT2D eigenvalue weighted by Crippen LogP contribution is -2.35. The van der Waals surface area contributed by atoms with E-state index in [2.05, 4.69) is 30.2 Å². The van der Waals surface area contributed by atoms with E-state index in [-0.39, 0.29) is 0 Å². The molecule has 0 aliphatic heterocycles. The lowest BCUT2D eigenvalue weighted by atomic mass is 9.83. The van der Waals surface area contributed by atoms with Crippen molar-refractivity contribution in [2.75, 3.05) is 0 Å². The van der Waals surface area contributed by atoms with Gasteiger partial charge in [0, 0.05) is 24.5 Å². The minimum atomic E-state index is 0.423. The Hall–Kier alpha value is -0.890. The molecule has 1 heterocycles. The Bertz CT molecular complexity index is 328. The summed E-state index contributed by atoms with van der Waals surface area (Å²) < 4.78 is 0. The van der Waals surface area contributed by atoms with Crippen molar-refractivity contribution in [2.24, 2.45) is 5.92 Å². The second-order valence-electron chi connectivity index (χ2n) is 5.68. The van der Waals surface area contributed by atoms with Crippen molar-refractivity contribution in [3.63, 3.8) is 0 Å². The van der Waals surface area contributed by atoms with Crippen LogP contribution in [0.3, 0.4) is 0 Å². The molecule has 0 saturated heterocycles. The van der Waals surface area contributed by atoms with Crippen LogP contribution < -0.4 is 5.32 Å². The lowest BCUT2D eigenvalue weighted by Gasteiger charge is -2.31. The van der Waals surface area contributed by atoms with Crippen LogP contribution in [0.1, 0.15) is 64.0 Å². The third-order valence-electron chi connectivity index (χ3n) is 4.21. The number of aromatic nitrogens is 1. The quantitative estimate of drug-likeness (QED) is 0.846. The predicted molar refractivity (Wildman–Crippen MR) is 76.4 cm³/mol. The third kappa shape index (κ3) is 3.81. The van der Waals surface area contributed by atoms with Gasteiger partial charge in [0.05, 0.1) is 0 Å². The van der Waals surface area contributed by atoms with Gasteiger partial charge in [0.2, 0.25) is 0 Å². The molecule has 1 aliphatic carbocycles. The smallest absolute Gasteiger partial charge is 0.0315 e. The van der Waals surface area contributed by atoms with Crippen molar-refractivity contribution >= 4 is 0 Å². The van der Waals surface area contributed by atoms with E-state index in [9.17, 15) is 0 Å². The second kappa shape index (κ2) is 6.89. The zero-order valence-corrected chi connectivity index (χ0v) is 11.7. The van der Waals surface area contributed by atoms with Gasteiger partial charge in [-0.25, -0.2) is 0 Å². The number of rotatable bonds is 5.